The largest absolute Gasteiger partial charge is 0.340 e. The molecule has 0 fully saturated rings. The molecule has 0 aromatic heterocycles. The Morgan fingerprint density at radius 3 is 2.80 bits per heavy atom. The number of rotatable bonds is 6. The van der Waals surface area contributed by atoms with Crippen molar-refractivity contribution in [2.45, 2.75) is 25.6 Å². The number of carbonyl (C=O) groups excluding carboxylic acids is 1. The van der Waals surface area contributed by atoms with Crippen LogP contribution in [0.25, 0.3) is 0 Å². The molecule has 0 heterocycles. The van der Waals surface area contributed by atoms with Gasteiger partial charge < -0.3 is 4.90 Å². The fourth-order valence-corrected chi connectivity index (χ4v) is 2.82. The average Bonchev–Trinajstić information content (AvgIpc) is 2.43. The number of nitrogens with zero attached hydrogens (tertiary/aromatic N) is 1. The fraction of sp³-hybridized carbons (Fsp3) is 0.400. The average molecular weight is 297 g/mol. The van der Waals surface area contributed by atoms with Crippen LogP contribution in [-0.2, 0) is 22.1 Å². The fourth-order valence-electron chi connectivity index (χ4n) is 1.75. The molecule has 0 spiro atoms. The first-order valence-corrected chi connectivity index (χ1v) is 7.81. The molecule has 0 bridgehead atoms. The van der Waals surface area contributed by atoms with Crippen LogP contribution in [-0.4, -0.2) is 33.1 Å². The summed E-state index contributed by atoms with van der Waals surface area (Å²) in [5, 5.41) is -0.565. The van der Waals surface area contributed by atoms with Gasteiger partial charge >= 0.3 is 0 Å². The van der Waals surface area contributed by atoms with Crippen LogP contribution in [0, 0.1) is 5.82 Å². The molecule has 0 radical (unpaired) electrons. The van der Waals surface area contributed by atoms with Gasteiger partial charge in [0, 0.05) is 30.1 Å². The zero-order chi connectivity index (χ0) is 15.1. The summed E-state index contributed by atoms with van der Waals surface area (Å²) in [7, 11) is 0.406. The molecule has 1 rings (SSSR count). The van der Waals surface area contributed by atoms with E-state index in [9.17, 15) is 13.4 Å². The minimum Gasteiger partial charge on any atom is -0.340 e. The Hall–Kier alpha value is -1.49. The lowest BCUT2D eigenvalue weighted by molar-refractivity contribution is -0.129. The standard InChI is InChI=1S/C15H20FNO2S/c1-4-5-9-20(19)12(2)15(18)17(3)11-13-7-6-8-14(16)10-13/h4-8,10,12H,9,11H2,1-3H3. The Morgan fingerprint density at radius 1 is 1.50 bits per heavy atom. The van der Waals surface area contributed by atoms with Crippen molar-refractivity contribution in [2.24, 2.45) is 0 Å². The van der Waals surface area contributed by atoms with E-state index in [4.69, 9.17) is 0 Å². The molecule has 0 aliphatic heterocycles. The first kappa shape index (κ1) is 16.6. The minimum absolute atomic E-state index is 0.197. The third-order valence-corrected chi connectivity index (χ3v) is 4.43. The number of hydrogen-bond acceptors (Lipinski definition) is 2. The normalized spacial score (nSPS) is 14.2. The zero-order valence-corrected chi connectivity index (χ0v) is 12.8. The van der Waals surface area contributed by atoms with Crippen molar-refractivity contribution < 1.29 is 13.4 Å². The van der Waals surface area contributed by atoms with Crippen molar-refractivity contribution in [1.29, 1.82) is 0 Å². The van der Waals surface area contributed by atoms with Crippen molar-refractivity contribution in [3.8, 4) is 0 Å². The van der Waals surface area contributed by atoms with Gasteiger partial charge in [-0.05, 0) is 31.5 Å². The highest BCUT2D eigenvalue weighted by molar-refractivity contribution is 7.86. The van der Waals surface area contributed by atoms with Crippen molar-refractivity contribution in [3.05, 3.63) is 47.8 Å². The van der Waals surface area contributed by atoms with Gasteiger partial charge in [-0.15, -0.1) is 0 Å². The maximum atomic E-state index is 13.1. The molecule has 1 aromatic carbocycles. The summed E-state index contributed by atoms with van der Waals surface area (Å²) in [4.78, 5) is 13.6. The molecular weight excluding hydrogens is 277 g/mol. The van der Waals surface area contributed by atoms with E-state index >= 15 is 0 Å². The smallest absolute Gasteiger partial charge is 0.238 e. The minimum atomic E-state index is -1.23. The number of hydrogen-bond donors (Lipinski definition) is 0. The molecule has 2 unspecified atom stereocenters. The van der Waals surface area contributed by atoms with Crippen LogP contribution >= 0.6 is 0 Å². The van der Waals surface area contributed by atoms with Gasteiger partial charge in [0.05, 0.1) is 0 Å². The van der Waals surface area contributed by atoms with E-state index in [1.165, 1.54) is 17.0 Å². The quantitative estimate of drug-likeness (QED) is 0.757. The van der Waals surface area contributed by atoms with E-state index in [0.717, 1.165) is 0 Å². The topological polar surface area (TPSA) is 37.4 Å². The number of allylic oxidation sites excluding steroid dienone is 1. The molecule has 20 heavy (non-hydrogen) atoms. The van der Waals surface area contributed by atoms with Crippen molar-refractivity contribution >= 4 is 16.7 Å². The first-order valence-electron chi connectivity index (χ1n) is 6.43. The number of amides is 1. The lowest BCUT2D eigenvalue weighted by atomic mass is 10.2. The summed E-state index contributed by atoms with van der Waals surface area (Å²) < 4.78 is 25.0. The lowest BCUT2D eigenvalue weighted by Crippen LogP contribution is -2.37. The van der Waals surface area contributed by atoms with Gasteiger partial charge in [0.2, 0.25) is 5.91 Å². The maximum Gasteiger partial charge on any atom is 0.238 e. The molecule has 0 N–H and O–H groups in total. The van der Waals surface area contributed by atoms with Gasteiger partial charge in [-0.2, -0.15) is 0 Å². The van der Waals surface area contributed by atoms with Gasteiger partial charge in [0.25, 0.3) is 0 Å². The summed E-state index contributed by atoms with van der Waals surface area (Å²) in [6.45, 7) is 3.81. The summed E-state index contributed by atoms with van der Waals surface area (Å²) in [6.07, 6.45) is 3.60. The van der Waals surface area contributed by atoms with Gasteiger partial charge in [0.15, 0.2) is 0 Å². The first-order chi connectivity index (χ1) is 9.45. The molecule has 5 heteroatoms. The molecule has 110 valence electrons. The molecule has 1 aromatic rings. The predicted molar refractivity (Wildman–Crippen MR) is 80.2 cm³/mol. The van der Waals surface area contributed by atoms with E-state index in [2.05, 4.69) is 0 Å². The van der Waals surface area contributed by atoms with Crippen LogP contribution in [0.5, 0.6) is 0 Å². The van der Waals surface area contributed by atoms with Crippen LogP contribution in [0.15, 0.2) is 36.4 Å². The summed E-state index contributed by atoms with van der Waals surface area (Å²) in [5.41, 5.74) is 0.715. The van der Waals surface area contributed by atoms with E-state index in [1.54, 1.807) is 32.2 Å². The number of halogens is 1. The highest BCUT2D eigenvalue weighted by Crippen LogP contribution is 2.09. The Bertz CT molecular complexity index is 516. The summed E-state index contributed by atoms with van der Waals surface area (Å²) >= 11 is 0. The third-order valence-electron chi connectivity index (χ3n) is 2.92. The zero-order valence-electron chi connectivity index (χ0n) is 12.0. The number of carbonyl (C=O) groups is 1. The molecule has 1 amide bonds. The van der Waals surface area contributed by atoms with E-state index < -0.39 is 16.0 Å². The molecule has 0 aliphatic rings. The molecule has 3 nitrogen and oxygen atoms in total. The maximum absolute atomic E-state index is 13.1. The second-order valence-corrected chi connectivity index (χ2v) is 6.38. The Balaban J connectivity index is 2.64. The van der Waals surface area contributed by atoms with Crippen LogP contribution in [0.4, 0.5) is 4.39 Å². The van der Waals surface area contributed by atoms with Crippen molar-refractivity contribution in [3.63, 3.8) is 0 Å². The van der Waals surface area contributed by atoms with E-state index in [1.807, 2.05) is 13.0 Å². The molecule has 2 atom stereocenters. The van der Waals surface area contributed by atoms with Crippen LogP contribution < -0.4 is 0 Å². The lowest BCUT2D eigenvalue weighted by Gasteiger charge is -2.21. The summed E-state index contributed by atoms with van der Waals surface area (Å²) in [5.74, 6) is -0.151. The SMILES string of the molecule is CC=CCS(=O)C(C)C(=O)N(C)Cc1cccc(F)c1. The Labute approximate surface area is 121 Å². The predicted octanol–water partition coefficient (Wildman–Crippen LogP) is 2.50. The van der Waals surface area contributed by atoms with Crippen molar-refractivity contribution in [2.75, 3.05) is 12.8 Å². The van der Waals surface area contributed by atoms with Crippen LogP contribution in [0.3, 0.4) is 0 Å². The third kappa shape index (κ3) is 4.89. The molecule has 0 saturated heterocycles. The van der Waals surface area contributed by atoms with Gasteiger partial charge in [0.1, 0.15) is 11.1 Å². The van der Waals surface area contributed by atoms with Crippen LogP contribution in [0.1, 0.15) is 19.4 Å². The summed E-state index contributed by atoms with van der Waals surface area (Å²) in [6, 6.07) is 6.12. The second kappa shape index (κ2) is 7.94. The van der Waals surface area contributed by atoms with Crippen LogP contribution in [0.2, 0.25) is 0 Å². The molecular formula is C15H20FNO2S. The van der Waals surface area contributed by atoms with E-state index in [0.29, 0.717) is 17.9 Å². The monoisotopic (exact) mass is 297 g/mol. The Morgan fingerprint density at radius 2 is 2.20 bits per heavy atom. The number of benzene rings is 1. The van der Waals surface area contributed by atoms with Gasteiger partial charge in [-0.1, -0.05) is 24.3 Å². The highest BCUT2D eigenvalue weighted by atomic mass is 32.2. The van der Waals surface area contributed by atoms with E-state index in [-0.39, 0.29) is 11.7 Å². The van der Waals surface area contributed by atoms with Crippen molar-refractivity contribution in [1.82, 2.24) is 4.90 Å². The molecule has 0 aliphatic carbocycles. The molecule has 0 saturated carbocycles. The van der Waals surface area contributed by atoms with Gasteiger partial charge in [-0.3, -0.25) is 9.00 Å². The van der Waals surface area contributed by atoms with Gasteiger partial charge in [-0.25, -0.2) is 4.39 Å². The Kier molecular flexibility index (Phi) is 6.58. The highest BCUT2D eigenvalue weighted by Gasteiger charge is 2.22. The second-order valence-electron chi connectivity index (χ2n) is 4.58.